The molecule has 1 aromatic carbocycles. The fourth-order valence-corrected chi connectivity index (χ4v) is 3.64. The molecule has 4 rings (SSSR count). The van der Waals surface area contributed by atoms with Gasteiger partial charge in [-0.05, 0) is 37.3 Å². The Morgan fingerprint density at radius 3 is 2.52 bits per heavy atom. The molecular formula is C22H23N5O2. The van der Waals surface area contributed by atoms with Crippen LogP contribution in [0.25, 0.3) is 10.9 Å². The van der Waals surface area contributed by atoms with Gasteiger partial charge < -0.3 is 15.1 Å². The highest BCUT2D eigenvalue weighted by molar-refractivity contribution is 6.08. The molecule has 7 nitrogen and oxygen atoms in total. The lowest BCUT2D eigenvalue weighted by Crippen LogP contribution is -2.49. The van der Waals surface area contributed by atoms with E-state index in [2.05, 4.69) is 20.2 Å². The highest BCUT2D eigenvalue weighted by Gasteiger charge is 2.24. The molecule has 1 aliphatic rings. The molecule has 0 saturated carbocycles. The highest BCUT2D eigenvalue weighted by Crippen LogP contribution is 2.25. The summed E-state index contributed by atoms with van der Waals surface area (Å²) in [5, 5.41) is 3.57. The van der Waals surface area contributed by atoms with Gasteiger partial charge in [0.1, 0.15) is 5.82 Å². The quantitative estimate of drug-likeness (QED) is 0.745. The number of carbonyl (C=O) groups excluding carboxylic acids is 2. The van der Waals surface area contributed by atoms with Gasteiger partial charge in [0.2, 0.25) is 5.91 Å². The molecule has 2 amide bonds. The molecule has 0 bridgehead atoms. The van der Waals surface area contributed by atoms with E-state index < -0.39 is 0 Å². The van der Waals surface area contributed by atoms with E-state index in [-0.39, 0.29) is 11.8 Å². The summed E-state index contributed by atoms with van der Waals surface area (Å²) in [6.07, 6.45) is 1.78. The van der Waals surface area contributed by atoms with Crippen LogP contribution in [0.1, 0.15) is 23.0 Å². The lowest BCUT2D eigenvalue weighted by atomic mass is 10.0. The minimum Gasteiger partial charge on any atom is -0.353 e. The zero-order chi connectivity index (χ0) is 20.4. The van der Waals surface area contributed by atoms with Crippen molar-refractivity contribution in [2.24, 2.45) is 0 Å². The highest BCUT2D eigenvalue weighted by atomic mass is 16.2. The number of nitrogens with zero attached hydrogens (tertiary/aromatic N) is 4. The van der Waals surface area contributed by atoms with Crippen LogP contribution in [0.3, 0.4) is 0 Å². The smallest absolute Gasteiger partial charge is 0.254 e. The summed E-state index contributed by atoms with van der Waals surface area (Å²) in [6.45, 7) is 6.03. The molecule has 1 saturated heterocycles. The number of hydrogen-bond acceptors (Lipinski definition) is 5. The topological polar surface area (TPSA) is 78.4 Å². The monoisotopic (exact) mass is 389 g/mol. The van der Waals surface area contributed by atoms with Crippen molar-refractivity contribution in [3.05, 3.63) is 59.9 Å². The molecule has 0 spiro atoms. The van der Waals surface area contributed by atoms with Gasteiger partial charge >= 0.3 is 0 Å². The van der Waals surface area contributed by atoms with Crippen molar-refractivity contribution in [3.8, 4) is 0 Å². The van der Waals surface area contributed by atoms with Crippen molar-refractivity contribution in [1.82, 2.24) is 14.9 Å². The van der Waals surface area contributed by atoms with E-state index in [4.69, 9.17) is 0 Å². The standard InChI is InChI=1S/C22H23N5O2/c1-15-6-7-18-19(13-17(25-16(2)28)14-20(18)24-15)22(29)27-11-9-26(10-12-27)21-5-3-4-8-23-21/h3-8,13-14H,9-12H2,1-2H3,(H,25,28). The van der Waals surface area contributed by atoms with Crippen molar-refractivity contribution in [2.45, 2.75) is 13.8 Å². The maximum absolute atomic E-state index is 13.3. The van der Waals surface area contributed by atoms with Gasteiger partial charge in [0.25, 0.3) is 5.91 Å². The van der Waals surface area contributed by atoms with E-state index in [0.29, 0.717) is 29.9 Å². The maximum Gasteiger partial charge on any atom is 0.254 e. The molecule has 29 heavy (non-hydrogen) atoms. The second-order valence-corrected chi connectivity index (χ2v) is 7.19. The molecule has 0 aliphatic carbocycles. The number of rotatable bonds is 3. The van der Waals surface area contributed by atoms with Crippen molar-refractivity contribution in [3.63, 3.8) is 0 Å². The fourth-order valence-electron chi connectivity index (χ4n) is 3.64. The first kappa shape index (κ1) is 18.9. The third-order valence-electron chi connectivity index (χ3n) is 5.04. The Morgan fingerprint density at radius 1 is 1.03 bits per heavy atom. The summed E-state index contributed by atoms with van der Waals surface area (Å²) >= 11 is 0. The summed E-state index contributed by atoms with van der Waals surface area (Å²) in [5.74, 6) is 0.699. The number of pyridine rings is 2. The van der Waals surface area contributed by atoms with Crippen LogP contribution in [0.4, 0.5) is 11.5 Å². The molecule has 3 aromatic rings. The van der Waals surface area contributed by atoms with Crippen LogP contribution in [0.15, 0.2) is 48.7 Å². The second-order valence-electron chi connectivity index (χ2n) is 7.19. The van der Waals surface area contributed by atoms with Crippen molar-refractivity contribution < 1.29 is 9.59 Å². The summed E-state index contributed by atoms with van der Waals surface area (Å²) < 4.78 is 0. The van der Waals surface area contributed by atoms with Crippen LogP contribution in [0, 0.1) is 6.92 Å². The molecule has 0 radical (unpaired) electrons. The molecule has 3 heterocycles. The Kier molecular flexibility index (Phi) is 5.12. The van der Waals surface area contributed by atoms with E-state index in [1.165, 1.54) is 6.92 Å². The zero-order valence-corrected chi connectivity index (χ0v) is 16.6. The van der Waals surface area contributed by atoms with E-state index in [1.54, 1.807) is 18.3 Å². The average molecular weight is 389 g/mol. The largest absolute Gasteiger partial charge is 0.353 e. The number of amides is 2. The Bertz CT molecular complexity index is 1060. The van der Waals surface area contributed by atoms with E-state index in [9.17, 15) is 9.59 Å². The van der Waals surface area contributed by atoms with Crippen LogP contribution >= 0.6 is 0 Å². The molecular weight excluding hydrogens is 366 g/mol. The Labute approximate surface area is 169 Å². The fraction of sp³-hybridized carbons (Fsp3) is 0.273. The van der Waals surface area contributed by atoms with Gasteiger partial charge in [-0.1, -0.05) is 12.1 Å². The number of fused-ring (bicyclic) bond motifs is 1. The van der Waals surface area contributed by atoms with E-state index in [0.717, 1.165) is 30.0 Å². The number of aryl methyl sites for hydroxylation is 1. The van der Waals surface area contributed by atoms with E-state index >= 15 is 0 Å². The lowest BCUT2D eigenvalue weighted by Gasteiger charge is -2.35. The maximum atomic E-state index is 13.3. The van der Waals surface area contributed by atoms with Gasteiger partial charge in [0, 0.05) is 56.1 Å². The predicted octanol–water partition coefficient (Wildman–Crippen LogP) is 2.86. The van der Waals surface area contributed by atoms with Crippen LogP contribution in [-0.4, -0.2) is 52.9 Å². The number of carbonyl (C=O) groups is 2. The molecule has 0 atom stereocenters. The van der Waals surface area contributed by atoms with Crippen LogP contribution in [-0.2, 0) is 4.79 Å². The number of benzene rings is 1. The third kappa shape index (κ3) is 4.03. The van der Waals surface area contributed by atoms with Crippen LogP contribution in [0.5, 0.6) is 0 Å². The number of nitrogens with one attached hydrogen (secondary N) is 1. The van der Waals surface area contributed by atoms with Gasteiger partial charge in [0.15, 0.2) is 0 Å². The lowest BCUT2D eigenvalue weighted by molar-refractivity contribution is -0.114. The summed E-state index contributed by atoms with van der Waals surface area (Å²) in [5.41, 5.74) is 2.70. The van der Waals surface area contributed by atoms with Gasteiger partial charge in [-0.25, -0.2) is 4.98 Å². The summed E-state index contributed by atoms with van der Waals surface area (Å²) in [7, 11) is 0. The van der Waals surface area contributed by atoms with Gasteiger partial charge in [0.05, 0.1) is 11.1 Å². The first-order valence-corrected chi connectivity index (χ1v) is 9.65. The second kappa shape index (κ2) is 7.87. The molecule has 1 N–H and O–H groups in total. The molecule has 1 fully saturated rings. The number of piperazine rings is 1. The van der Waals surface area contributed by atoms with Crippen LogP contribution < -0.4 is 10.2 Å². The summed E-state index contributed by atoms with van der Waals surface area (Å²) in [4.78, 5) is 37.8. The molecule has 0 unspecified atom stereocenters. The Hall–Kier alpha value is -3.48. The minimum atomic E-state index is -0.181. The molecule has 2 aromatic heterocycles. The normalized spacial score (nSPS) is 14.1. The predicted molar refractivity (Wildman–Crippen MR) is 113 cm³/mol. The van der Waals surface area contributed by atoms with E-state index in [1.807, 2.05) is 42.2 Å². The van der Waals surface area contributed by atoms with Gasteiger partial charge in [-0.2, -0.15) is 0 Å². The third-order valence-corrected chi connectivity index (χ3v) is 5.04. The molecule has 148 valence electrons. The zero-order valence-electron chi connectivity index (χ0n) is 16.6. The van der Waals surface area contributed by atoms with Crippen molar-refractivity contribution in [1.29, 1.82) is 0 Å². The minimum absolute atomic E-state index is 0.0477. The SMILES string of the molecule is CC(=O)Nc1cc(C(=O)N2CCN(c3ccccn3)CC2)c2ccc(C)nc2c1. The number of anilines is 2. The van der Waals surface area contributed by atoms with Gasteiger partial charge in [-0.15, -0.1) is 0 Å². The Morgan fingerprint density at radius 2 is 1.83 bits per heavy atom. The average Bonchev–Trinajstić information content (AvgIpc) is 2.72. The number of hydrogen-bond donors (Lipinski definition) is 1. The first-order chi connectivity index (χ1) is 14.0. The van der Waals surface area contributed by atoms with Crippen LogP contribution in [0.2, 0.25) is 0 Å². The first-order valence-electron chi connectivity index (χ1n) is 9.65. The summed E-state index contributed by atoms with van der Waals surface area (Å²) in [6, 6.07) is 13.2. The van der Waals surface area contributed by atoms with Gasteiger partial charge in [-0.3, -0.25) is 14.6 Å². The Balaban J connectivity index is 1.60. The number of aromatic nitrogens is 2. The molecule has 1 aliphatic heterocycles. The van der Waals surface area contributed by atoms with Crippen molar-refractivity contribution in [2.75, 3.05) is 36.4 Å². The molecule has 7 heteroatoms. The van der Waals surface area contributed by atoms with Crippen molar-refractivity contribution >= 4 is 34.2 Å².